The molecule has 1 atom stereocenters. The highest BCUT2D eigenvalue weighted by molar-refractivity contribution is 7.84. The first-order chi connectivity index (χ1) is 7.65. The summed E-state index contributed by atoms with van der Waals surface area (Å²) in [7, 11) is -0.985. The van der Waals surface area contributed by atoms with Crippen molar-refractivity contribution in [1.82, 2.24) is 0 Å². The average molecular weight is 240 g/mol. The molecule has 0 radical (unpaired) electrons. The highest BCUT2D eigenvalue weighted by Gasteiger charge is 2.09. The molecule has 1 aromatic carbocycles. The van der Waals surface area contributed by atoms with Crippen molar-refractivity contribution in [3.05, 3.63) is 35.4 Å². The fourth-order valence-corrected chi connectivity index (χ4v) is 2.61. The van der Waals surface area contributed by atoms with E-state index in [1.165, 1.54) is 0 Å². The number of carbonyl (C=O) groups is 1. The third-order valence-electron chi connectivity index (χ3n) is 2.18. The Kier molecular flexibility index (Phi) is 5.14. The van der Waals surface area contributed by atoms with Crippen LogP contribution in [-0.2, 0) is 16.6 Å². The molecule has 1 rings (SSSR count). The first-order valence-electron chi connectivity index (χ1n) is 5.08. The van der Waals surface area contributed by atoms with Crippen molar-refractivity contribution in [2.75, 3.05) is 12.3 Å². The predicted octanol–water partition coefficient (Wildman–Crippen LogP) is 0.383. The molecule has 0 bridgehead atoms. The summed E-state index contributed by atoms with van der Waals surface area (Å²) >= 11 is 0. The van der Waals surface area contributed by atoms with Crippen molar-refractivity contribution in [2.45, 2.75) is 12.2 Å². The molecule has 88 valence electrons. The van der Waals surface area contributed by atoms with Gasteiger partial charge >= 0.3 is 0 Å². The quantitative estimate of drug-likeness (QED) is 0.753. The Morgan fingerprint density at radius 1 is 1.31 bits per heavy atom. The van der Waals surface area contributed by atoms with E-state index in [0.29, 0.717) is 23.6 Å². The number of nitrogens with two attached hydrogens (primary N) is 2. The predicted molar refractivity (Wildman–Crippen MR) is 65.3 cm³/mol. The van der Waals surface area contributed by atoms with Crippen LogP contribution in [0.3, 0.4) is 0 Å². The van der Waals surface area contributed by atoms with E-state index in [1.54, 1.807) is 18.2 Å². The summed E-state index contributed by atoms with van der Waals surface area (Å²) in [4.78, 5) is 11.1. The number of hydrogen-bond acceptors (Lipinski definition) is 3. The molecule has 0 spiro atoms. The lowest BCUT2D eigenvalue weighted by Gasteiger charge is -2.06. The lowest BCUT2D eigenvalue weighted by atomic mass is 10.1. The van der Waals surface area contributed by atoms with Crippen LogP contribution in [0.5, 0.6) is 0 Å². The first-order valence-corrected chi connectivity index (χ1v) is 6.56. The van der Waals surface area contributed by atoms with Crippen LogP contribution in [0.4, 0.5) is 0 Å². The zero-order valence-electron chi connectivity index (χ0n) is 9.02. The van der Waals surface area contributed by atoms with E-state index in [9.17, 15) is 9.00 Å². The summed E-state index contributed by atoms with van der Waals surface area (Å²) < 4.78 is 11.6. The number of benzene rings is 1. The normalized spacial score (nSPS) is 12.3. The summed E-state index contributed by atoms with van der Waals surface area (Å²) in [6.45, 7) is 0.531. The van der Waals surface area contributed by atoms with Gasteiger partial charge in [-0.25, -0.2) is 0 Å². The SMILES string of the molecule is NCCCS(=O)Cc1ccccc1C(N)=O. The van der Waals surface area contributed by atoms with E-state index in [2.05, 4.69) is 0 Å². The zero-order valence-corrected chi connectivity index (χ0v) is 9.83. The van der Waals surface area contributed by atoms with Crippen LogP contribution in [0.2, 0.25) is 0 Å². The molecule has 0 heterocycles. The van der Waals surface area contributed by atoms with E-state index in [-0.39, 0.29) is 0 Å². The maximum absolute atomic E-state index is 11.6. The van der Waals surface area contributed by atoms with Crippen molar-refractivity contribution in [1.29, 1.82) is 0 Å². The lowest BCUT2D eigenvalue weighted by molar-refractivity contribution is 0.0999. The monoisotopic (exact) mass is 240 g/mol. The largest absolute Gasteiger partial charge is 0.366 e. The van der Waals surface area contributed by atoms with Gasteiger partial charge in [-0.1, -0.05) is 18.2 Å². The Balaban J connectivity index is 2.73. The summed E-state index contributed by atoms with van der Waals surface area (Å²) in [6.07, 6.45) is 0.728. The van der Waals surface area contributed by atoms with Gasteiger partial charge in [0, 0.05) is 27.9 Å². The molecule has 5 heteroatoms. The minimum absolute atomic E-state index is 0.360. The maximum atomic E-state index is 11.6. The third kappa shape index (κ3) is 3.75. The fourth-order valence-electron chi connectivity index (χ4n) is 1.38. The van der Waals surface area contributed by atoms with E-state index in [4.69, 9.17) is 11.5 Å². The van der Waals surface area contributed by atoms with Crippen LogP contribution in [0, 0.1) is 0 Å². The van der Waals surface area contributed by atoms with Crippen LogP contribution in [0.25, 0.3) is 0 Å². The van der Waals surface area contributed by atoms with Gasteiger partial charge in [0.2, 0.25) is 5.91 Å². The zero-order chi connectivity index (χ0) is 12.0. The number of primary amides is 1. The maximum Gasteiger partial charge on any atom is 0.249 e. The molecule has 0 fully saturated rings. The van der Waals surface area contributed by atoms with Crippen molar-refractivity contribution >= 4 is 16.7 Å². The average Bonchev–Trinajstić information content (AvgIpc) is 2.27. The van der Waals surface area contributed by atoms with Gasteiger partial charge in [-0.15, -0.1) is 0 Å². The molecule has 0 aliphatic heterocycles. The van der Waals surface area contributed by atoms with Gasteiger partial charge in [0.1, 0.15) is 0 Å². The van der Waals surface area contributed by atoms with Crippen LogP contribution in [-0.4, -0.2) is 22.4 Å². The molecule has 1 amide bonds. The highest BCUT2D eigenvalue weighted by atomic mass is 32.2. The highest BCUT2D eigenvalue weighted by Crippen LogP contribution is 2.11. The number of hydrogen-bond donors (Lipinski definition) is 2. The lowest BCUT2D eigenvalue weighted by Crippen LogP contribution is -2.15. The van der Waals surface area contributed by atoms with Crippen molar-refractivity contribution in [3.8, 4) is 0 Å². The van der Waals surface area contributed by atoms with Gasteiger partial charge in [-0.3, -0.25) is 9.00 Å². The molecule has 0 saturated carbocycles. The van der Waals surface area contributed by atoms with E-state index in [1.807, 2.05) is 6.07 Å². The van der Waals surface area contributed by atoms with Gasteiger partial charge < -0.3 is 11.5 Å². The Hall–Kier alpha value is -1.20. The van der Waals surface area contributed by atoms with Crippen LogP contribution in [0.15, 0.2) is 24.3 Å². The summed E-state index contributed by atoms with van der Waals surface area (Å²) in [5, 5.41) is 0. The van der Waals surface area contributed by atoms with Crippen molar-refractivity contribution < 1.29 is 9.00 Å². The van der Waals surface area contributed by atoms with Gasteiger partial charge in [0.05, 0.1) is 0 Å². The van der Waals surface area contributed by atoms with E-state index in [0.717, 1.165) is 12.0 Å². The molecule has 1 aromatic rings. The molecular formula is C11H16N2O2S. The minimum atomic E-state index is -0.985. The number of amides is 1. The molecule has 0 saturated heterocycles. The van der Waals surface area contributed by atoms with E-state index >= 15 is 0 Å². The molecule has 4 N–H and O–H groups in total. The molecule has 0 aliphatic rings. The molecular weight excluding hydrogens is 224 g/mol. The molecule has 1 unspecified atom stereocenters. The molecule has 4 nitrogen and oxygen atoms in total. The summed E-state index contributed by atoms with van der Waals surface area (Å²) in [6, 6.07) is 6.98. The van der Waals surface area contributed by atoms with Gasteiger partial charge in [0.15, 0.2) is 0 Å². The van der Waals surface area contributed by atoms with Gasteiger partial charge in [0.25, 0.3) is 0 Å². The second-order valence-corrected chi connectivity index (χ2v) is 5.03. The summed E-state index contributed by atoms with van der Waals surface area (Å²) in [5.74, 6) is 0.439. The molecule has 0 aromatic heterocycles. The second kappa shape index (κ2) is 6.40. The van der Waals surface area contributed by atoms with Gasteiger partial charge in [-0.05, 0) is 24.6 Å². The summed E-state index contributed by atoms with van der Waals surface area (Å²) in [5.41, 5.74) is 11.8. The van der Waals surface area contributed by atoms with E-state index < -0.39 is 16.7 Å². The fraction of sp³-hybridized carbons (Fsp3) is 0.364. The van der Waals surface area contributed by atoms with Crippen molar-refractivity contribution in [3.63, 3.8) is 0 Å². The smallest absolute Gasteiger partial charge is 0.249 e. The Morgan fingerprint density at radius 3 is 2.62 bits per heavy atom. The Labute approximate surface area is 97.5 Å². The third-order valence-corrected chi connectivity index (χ3v) is 3.55. The number of rotatable bonds is 6. The van der Waals surface area contributed by atoms with Crippen LogP contribution in [0.1, 0.15) is 22.3 Å². The van der Waals surface area contributed by atoms with Crippen LogP contribution < -0.4 is 11.5 Å². The van der Waals surface area contributed by atoms with Crippen LogP contribution >= 0.6 is 0 Å². The minimum Gasteiger partial charge on any atom is -0.366 e. The van der Waals surface area contributed by atoms with Gasteiger partial charge in [-0.2, -0.15) is 0 Å². The first kappa shape index (κ1) is 12.9. The van der Waals surface area contributed by atoms with Crippen molar-refractivity contribution in [2.24, 2.45) is 11.5 Å². The topological polar surface area (TPSA) is 86.2 Å². The second-order valence-electron chi connectivity index (χ2n) is 3.45. The Morgan fingerprint density at radius 2 is 2.00 bits per heavy atom. The molecule has 0 aliphatic carbocycles. The Bertz CT molecular complexity index is 393. The standard InChI is InChI=1S/C11H16N2O2S/c12-6-3-7-16(15)8-9-4-1-2-5-10(9)11(13)14/h1-2,4-5H,3,6-8,12H2,(H2,13,14). The number of carbonyl (C=O) groups excluding carboxylic acids is 1. The molecule has 16 heavy (non-hydrogen) atoms.